The number of nitrogens with two attached hydrogens (primary N) is 1. The summed E-state index contributed by atoms with van der Waals surface area (Å²) in [6, 6.07) is 8.31. The summed E-state index contributed by atoms with van der Waals surface area (Å²) in [4.78, 5) is 0. The third kappa shape index (κ3) is 2.30. The first kappa shape index (κ1) is 13.5. The molecular weight excluding hydrogens is 242 g/mol. The van der Waals surface area contributed by atoms with Gasteiger partial charge in [-0.3, -0.25) is 0 Å². The van der Waals surface area contributed by atoms with Gasteiger partial charge in [-0.05, 0) is 27.8 Å². The number of hydrogen-bond donors (Lipinski definition) is 2. The lowest BCUT2D eigenvalue weighted by Gasteiger charge is -2.39. The Bertz CT molecular complexity index is 541. The maximum atomic E-state index is 10.8. The summed E-state index contributed by atoms with van der Waals surface area (Å²) in [5, 5.41) is 14.1. The van der Waals surface area contributed by atoms with Crippen molar-refractivity contribution in [1.29, 1.82) is 0 Å². The van der Waals surface area contributed by atoms with Gasteiger partial charge in [-0.15, -0.1) is 11.3 Å². The van der Waals surface area contributed by atoms with E-state index in [1.165, 1.54) is 15.6 Å². The fourth-order valence-electron chi connectivity index (χ4n) is 2.13. The van der Waals surface area contributed by atoms with Crippen molar-refractivity contribution in [2.75, 3.05) is 6.54 Å². The molecule has 0 bridgehead atoms. The van der Waals surface area contributed by atoms with Crippen LogP contribution in [-0.2, 0) is 6.42 Å². The molecule has 1 unspecified atom stereocenters. The van der Waals surface area contributed by atoms with E-state index in [1.54, 1.807) is 11.3 Å². The zero-order chi connectivity index (χ0) is 13.4. The monoisotopic (exact) mass is 263 g/mol. The Hall–Kier alpha value is -0.900. The van der Waals surface area contributed by atoms with Gasteiger partial charge in [0.15, 0.2) is 0 Å². The summed E-state index contributed by atoms with van der Waals surface area (Å²) >= 11 is 1.72. The van der Waals surface area contributed by atoms with Gasteiger partial charge in [0.1, 0.15) is 0 Å². The highest BCUT2D eigenvalue weighted by atomic mass is 32.1. The van der Waals surface area contributed by atoms with E-state index in [2.05, 4.69) is 17.5 Å². The Kier molecular flexibility index (Phi) is 3.49. The van der Waals surface area contributed by atoms with E-state index in [0.717, 1.165) is 0 Å². The molecule has 3 N–H and O–H groups in total. The number of aliphatic hydroxyl groups is 1. The highest BCUT2D eigenvalue weighted by Gasteiger charge is 2.39. The molecule has 3 heteroatoms. The maximum Gasteiger partial charge on any atom is 0.0857 e. The molecule has 0 aliphatic heterocycles. The van der Waals surface area contributed by atoms with Crippen molar-refractivity contribution in [3.05, 3.63) is 35.2 Å². The van der Waals surface area contributed by atoms with Gasteiger partial charge < -0.3 is 10.8 Å². The topological polar surface area (TPSA) is 46.2 Å². The Labute approximate surface area is 112 Å². The molecule has 0 aliphatic carbocycles. The zero-order valence-corrected chi connectivity index (χ0v) is 12.1. The van der Waals surface area contributed by atoms with Crippen molar-refractivity contribution in [3.63, 3.8) is 0 Å². The van der Waals surface area contributed by atoms with Crippen LogP contribution in [0.2, 0.25) is 0 Å². The van der Waals surface area contributed by atoms with Gasteiger partial charge in [0.25, 0.3) is 0 Å². The molecule has 0 saturated carbocycles. The van der Waals surface area contributed by atoms with Crippen molar-refractivity contribution >= 4 is 21.4 Å². The summed E-state index contributed by atoms with van der Waals surface area (Å²) < 4.78 is 1.26. The van der Waals surface area contributed by atoms with E-state index in [4.69, 9.17) is 5.73 Å². The maximum absolute atomic E-state index is 10.8. The van der Waals surface area contributed by atoms with Crippen molar-refractivity contribution in [3.8, 4) is 0 Å². The van der Waals surface area contributed by atoms with Crippen LogP contribution in [-0.4, -0.2) is 17.3 Å². The molecule has 0 saturated heterocycles. The fourth-order valence-corrected chi connectivity index (χ4v) is 3.09. The molecule has 1 aromatic carbocycles. The highest BCUT2D eigenvalue weighted by molar-refractivity contribution is 7.17. The molecule has 0 fully saturated rings. The largest absolute Gasteiger partial charge is 0.388 e. The van der Waals surface area contributed by atoms with Crippen LogP contribution in [0.5, 0.6) is 0 Å². The minimum atomic E-state index is -0.864. The molecule has 2 rings (SSSR count). The van der Waals surface area contributed by atoms with Gasteiger partial charge in [0, 0.05) is 17.7 Å². The SMILES string of the molecule is CC(C)(C)C(O)(CN)Cc1csc2ccccc12. The molecule has 1 atom stereocenters. The molecule has 18 heavy (non-hydrogen) atoms. The molecule has 1 heterocycles. The summed E-state index contributed by atoms with van der Waals surface area (Å²) in [6.07, 6.45) is 0.608. The van der Waals surface area contributed by atoms with Crippen LogP contribution in [0.15, 0.2) is 29.6 Å². The van der Waals surface area contributed by atoms with Gasteiger partial charge in [0.05, 0.1) is 5.60 Å². The fraction of sp³-hybridized carbons (Fsp3) is 0.467. The second-order valence-electron chi connectivity index (χ2n) is 5.92. The van der Waals surface area contributed by atoms with Crippen LogP contribution >= 0.6 is 11.3 Å². The predicted octanol–water partition coefficient (Wildman–Crippen LogP) is 3.18. The Morgan fingerprint density at radius 3 is 2.50 bits per heavy atom. The number of benzene rings is 1. The van der Waals surface area contributed by atoms with E-state index in [1.807, 2.05) is 32.9 Å². The first-order valence-corrected chi connectivity index (χ1v) is 7.13. The van der Waals surface area contributed by atoms with Gasteiger partial charge in [-0.1, -0.05) is 39.0 Å². The average Bonchev–Trinajstić information content (AvgIpc) is 2.71. The Balaban J connectivity index is 2.39. The van der Waals surface area contributed by atoms with Gasteiger partial charge in [-0.2, -0.15) is 0 Å². The highest BCUT2D eigenvalue weighted by Crippen LogP contribution is 2.36. The number of rotatable bonds is 3. The minimum absolute atomic E-state index is 0.231. The normalized spacial score (nSPS) is 15.8. The number of thiophene rings is 1. The summed E-state index contributed by atoms with van der Waals surface area (Å²) in [5.41, 5.74) is 5.90. The van der Waals surface area contributed by atoms with Crippen molar-refractivity contribution < 1.29 is 5.11 Å². The molecule has 0 radical (unpaired) electrons. The number of fused-ring (bicyclic) bond motifs is 1. The molecule has 0 amide bonds. The lowest BCUT2D eigenvalue weighted by Crippen LogP contribution is -2.50. The summed E-state index contributed by atoms with van der Waals surface area (Å²) in [7, 11) is 0. The van der Waals surface area contributed by atoms with Gasteiger partial charge in [0.2, 0.25) is 0 Å². The van der Waals surface area contributed by atoms with Crippen molar-refractivity contribution in [2.45, 2.75) is 32.8 Å². The third-order valence-corrected chi connectivity index (χ3v) is 4.79. The number of hydrogen-bond acceptors (Lipinski definition) is 3. The lowest BCUT2D eigenvalue weighted by atomic mass is 9.73. The molecule has 1 aromatic heterocycles. The van der Waals surface area contributed by atoms with Crippen LogP contribution in [0.25, 0.3) is 10.1 Å². The Morgan fingerprint density at radius 1 is 1.22 bits per heavy atom. The quantitative estimate of drug-likeness (QED) is 0.893. The van der Waals surface area contributed by atoms with E-state index in [-0.39, 0.29) is 12.0 Å². The molecule has 0 spiro atoms. The first-order chi connectivity index (χ1) is 8.37. The molecule has 0 aliphatic rings. The van der Waals surface area contributed by atoms with Crippen LogP contribution in [0, 0.1) is 5.41 Å². The van der Waals surface area contributed by atoms with E-state index in [9.17, 15) is 5.11 Å². The average molecular weight is 263 g/mol. The molecular formula is C15H21NOS. The van der Waals surface area contributed by atoms with Gasteiger partial charge >= 0.3 is 0 Å². The molecule has 2 aromatic rings. The minimum Gasteiger partial charge on any atom is -0.388 e. The van der Waals surface area contributed by atoms with Gasteiger partial charge in [-0.25, -0.2) is 0 Å². The van der Waals surface area contributed by atoms with E-state index >= 15 is 0 Å². The van der Waals surface area contributed by atoms with Crippen LogP contribution < -0.4 is 5.73 Å². The second kappa shape index (κ2) is 4.65. The van der Waals surface area contributed by atoms with Crippen LogP contribution in [0.4, 0.5) is 0 Å². The second-order valence-corrected chi connectivity index (χ2v) is 6.83. The summed E-state index contributed by atoms with van der Waals surface area (Å²) in [6.45, 7) is 6.39. The smallest absolute Gasteiger partial charge is 0.0857 e. The van der Waals surface area contributed by atoms with Crippen molar-refractivity contribution in [2.24, 2.45) is 11.1 Å². The molecule has 98 valence electrons. The van der Waals surface area contributed by atoms with Crippen LogP contribution in [0.1, 0.15) is 26.3 Å². The first-order valence-electron chi connectivity index (χ1n) is 6.25. The lowest BCUT2D eigenvalue weighted by molar-refractivity contribution is -0.0487. The summed E-state index contributed by atoms with van der Waals surface area (Å²) in [5.74, 6) is 0. The Morgan fingerprint density at radius 2 is 1.89 bits per heavy atom. The predicted molar refractivity (Wildman–Crippen MR) is 79.0 cm³/mol. The van der Waals surface area contributed by atoms with E-state index in [0.29, 0.717) is 6.42 Å². The standard InChI is InChI=1S/C15H21NOS/c1-14(2,3)15(17,10-16)8-11-9-18-13-7-5-4-6-12(11)13/h4-7,9,17H,8,10,16H2,1-3H3. The van der Waals surface area contributed by atoms with E-state index < -0.39 is 5.60 Å². The zero-order valence-electron chi connectivity index (χ0n) is 11.2. The van der Waals surface area contributed by atoms with Crippen LogP contribution in [0.3, 0.4) is 0 Å². The van der Waals surface area contributed by atoms with Crippen molar-refractivity contribution in [1.82, 2.24) is 0 Å². The molecule has 2 nitrogen and oxygen atoms in total. The third-order valence-electron chi connectivity index (χ3n) is 3.78.